The second kappa shape index (κ2) is 6.32. The van der Waals surface area contributed by atoms with Crippen molar-refractivity contribution in [2.45, 2.75) is 19.9 Å². The number of hydrogen-bond acceptors (Lipinski definition) is 6. The summed E-state index contributed by atoms with van der Waals surface area (Å²) in [5.74, 6) is 1.60. The lowest BCUT2D eigenvalue weighted by Gasteiger charge is -2.17. The Morgan fingerprint density at radius 2 is 2.33 bits per heavy atom. The van der Waals surface area contributed by atoms with Crippen molar-refractivity contribution in [3.05, 3.63) is 24.2 Å². The van der Waals surface area contributed by atoms with Gasteiger partial charge in [0.15, 0.2) is 11.6 Å². The molecule has 98 valence electrons. The molecule has 0 bridgehead atoms. The Balaban J connectivity index is 1.97. The van der Waals surface area contributed by atoms with E-state index in [0.29, 0.717) is 24.0 Å². The number of furan rings is 1. The highest BCUT2D eigenvalue weighted by Gasteiger charge is 2.13. The molecule has 2 rings (SSSR count). The zero-order chi connectivity index (χ0) is 12.8. The van der Waals surface area contributed by atoms with Gasteiger partial charge in [-0.3, -0.25) is 4.90 Å². The van der Waals surface area contributed by atoms with Gasteiger partial charge in [0, 0.05) is 13.2 Å². The molecular weight excluding hydrogens is 234 g/mol. The first kappa shape index (κ1) is 12.8. The highest BCUT2D eigenvalue weighted by atomic mass is 16.5. The van der Waals surface area contributed by atoms with Crippen LogP contribution in [0.1, 0.15) is 19.2 Å². The first-order valence-electron chi connectivity index (χ1n) is 6.03. The van der Waals surface area contributed by atoms with Gasteiger partial charge in [-0.2, -0.15) is 4.98 Å². The Hall–Kier alpha value is -1.66. The van der Waals surface area contributed by atoms with Crippen LogP contribution in [-0.4, -0.2) is 39.8 Å². The monoisotopic (exact) mass is 251 g/mol. The van der Waals surface area contributed by atoms with E-state index in [0.717, 1.165) is 19.5 Å². The van der Waals surface area contributed by atoms with E-state index in [9.17, 15) is 0 Å². The summed E-state index contributed by atoms with van der Waals surface area (Å²) in [5.41, 5.74) is 0. The van der Waals surface area contributed by atoms with Crippen LogP contribution >= 0.6 is 0 Å². The Morgan fingerprint density at radius 1 is 1.44 bits per heavy atom. The van der Waals surface area contributed by atoms with Crippen molar-refractivity contribution in [1.82, 2.24) is 15.0 Å². The average Bonchev–Trinajstić information content (AvgIpc) is 3.04. The maximum Gasteiger partial charge on any atom is 0.293 e. The van der Waals surface area contributed by atoms with Crippen LogP contribution in [0.3, 0.4) is 0 Å². The Kier molecular flexibility index (Phi) is 4.49. The third-order valence-electron chi connectivity index (χ3n) is 2.64. The van der Waals surface area contributed by atoms with Crippen molar-refractivity contribution in [2.75, 3.05) is 19.7 Å². The van der Waals surface area contributed by atoms with Crippen molar-refractivity contribution in [3.63, 3.8) is 0 Å². The molecule has 0 aromatic carbocycles. The summed E-state index contributed by atoms with van der Waals surface area (Å²) < 4.78 is 10.3. The van der Waals surface area contributed by atoms with Crippen molar-refractivity contribution >= 4 is 0 Å². The van der Waals surface area contributed by atoms with Gasteiger partial charge in [0.1, 0.15) is 0 Å². The Bertz CT molecular complexity index is 453. The van der Waals surface area contributed by atoms with Crippen LogP contribution in [0, 0.1) is 0 Å². The van der Waals surface area contributed by atoms with E-state index in [1.54, 1.807) is 18.4 Å². The van der Waals surface area contributed by atoms with Gasteiger partial charge >= 0.3 is 0 Å². The molecule has 0 atom stereocenters. The van der Waals surface area contributed by atoms with Gasteiger partial charge in [0.05, 0.1) is 12.8 Å². The van der Waals surface area contributed by atoms with E-state index in [1.165, 1.54) is 0 Å². The van der Waals surface area contributed by atoms with Crippen LogP contribution in [0.4, 0.5) is 0 Å². The normalized spacial score (nSPS) is 11.3. The molecule has 0 unspecified atom stereocenters. The fraction of sp³-hybridized carbons (Fsp3) is 0.500. The lowest BCUT2D eigenvalue weighted by Crippen LogP contribution is -2.25. The van der Waals surface area contributed by atoms with Crippen LogP contribution in [0.2, 0.25) is 0 Å². The van der Waals surface area contributed by atoms with Crippen molar-refractivity contribution < 1.29 is 14.0 Å². The van der Waals surface area contributed by atoms with Crippen LogP contribution in [0.25, 0.3) is 11.7 Å². The highest BCUT2D eigenvalue weighted by Crippen LogP contribution is 2.17. The van der Waals surface area contributed by atoms with E-state index in [1.807, 2.05) is 0 Å². The van der Waals surface area contributed by atoms with Gasteiger partial charge in [0.25, 0.3) is 5.89 Å². The molecule has 2 aromatic heterocycles. The number of nitrogens with zero attached hydrogens (tertiary/aromatic N) is 3. The quantitative estimate of drug-likeness (QED) is 0.804. The second-order valence-corrected chi connectivity index (χ2v) is 3.94. The first-order chi connectivity index (χ1) is 8.83. The Labute approximate surface area is 105 Å². The summed E-state index contributed by atoms with van der Waals surface area (Å²) in [7, 11) is 0. The number of hydrogen-bond donors (Lipinski definition) is 1. The molecule has 0 radical (unpaired) electrons. The molecule has 6 heteroatoms. The third kappa shape index (κ3) is 3.18. The predicted molar refractivity (Wildman–Crippen MR) is 64.7 cm³/mol. The molecular formula is C12H17N3O3. The molecule has 0 fully saturated rings. The molecule has 0 saturated carbocycles. The minimum Gasteiger partial charge on any atom is -0.459 e. The first-order valence-corrected chi connectivity index (χ1v) is 6.03. The molecule has 2 aromatic rings. The third-order valence-corrected chi connectivity index (χ3v) is 2.64. The smallest absolute Gasteiger partial charge is 0.293 e. The number of rotatable bonds is 7. The summed E-state index contributed by atoms with van der Waals surface area (Å²) >= 11 is 0. The molecule has 0 aliphatic carbocycles. The van der Waals surface area contributed by atoms with E-state index < -0.39 is 0 Å². The van der Waals surface area contributed by atoms with E-state index >= 15 is 0 Å². The number of aromatic nitrogens is 2. The van der Waals surface area contributed by atoms with Crippen molar-refractivity contribution in [3.8, 4) is 11.7 Å². The molecule has 18 heavy (non-hydrogen) atoms. The molecule has 1 N–H and O–H groups in total. The molecule has 2 heterocycles. The van der Waals surface area contributed by atoms with Crippen molar-refractivity contribution in [2.24, 2.45) is 0 Å². The zero-order valence-electron chi connectivity index (χ0n) is 10.4. The topological polar surface area (TPSA) is 75.5 Å². The average molecular weight is 251 g/mol. The van der Waals surface area contributed by atoms with Gasteiger partial charge < -0.3 is 14.0 Å². The summed E-state index contributed by atoms with van der Waals surface area (Å²) in [6.07, 6.45) is 2.32. The highest BCUT2D eigenvalue weighted by molar-refractivity contribution is 5.42. The second-order valence-electron chi connectivity index (χ2n) is 3.94. The van der Waals surface area contributed by atoms with Crippen LogP contribution in [-0.2, 0) is 6.54 Å². The molecule has 0 spiro atoms. The maximum absolute atomic E-state index is 8.82. The maximum atomic E-state index is 8.82. The number of aliphatic hydroxyl groups excluding tert-OH is 1. The SMILES string of the molecule is CCN(CCCO)Cc1noc(-c2ccco2)n1. The zero-order valence-corrected chi connectivity index (χ0v) is 10.4. The van der Waals surface area contributed by atoms with Crippen LogP contribution < -0.4 is 0 Å². The molecule has 6 nitrogen and oxygen atoms in total. The van der Waals surface area contributed by atoms with Crippen LogP contribution in [0.5, 0.6) is 0 Å². The van der Waals surface area contributed by atoms with Crippen LogP contribution in [0.15, 0.2) is 27.3 Å². The molecule has 0 saturated heterocycles. The largest absolute Gasteiger partial charge is 0.459 e. The van der Waals surface area contributed by atoms with E-state index in [2.05, 4.69) is 22.0 Å². The van der Waals surface area contributed by atoms with Gasteiger partial charge in [-0.1, -0.05) is 12.1 Å². The summed E-state index contributed by atoms with van der Waals surface area (Å²) in [6.45, 7) is 4.56. The van der Waals surface area contributed by atoms with Gasteiger partial charge in [-0.15, -0.1) is 0 Å². The van der Waals surface area contributed by atoms with E-state index in [-0.39, 0.29) is 6.61 Å². The van der Waals surface area contributed by atoms with Gasteiger partial charge in [-0.05, 0) is 25.1 Å². The Morgan fingerprint density at radius 3 is 3.00 bits per heavy atom. The fourth-order valence-corrected chi connectivity index (χ4v) is 1.66. The molecule has 0 amide bonds. The lowest BCUT2D eigenvalue weighted by atomic mass is 10.3. The number of aliphatic hydroxyl groups is 1. The van der Waals surface area contributed by atoms with Gasteiger partial charge in [0.2, 0.25) is 0 Å². The van der Waals surface area contributed by atoms with E-state index in [4.69, 9.17) is 14.0 Å². The summed E-state index contributed by atoms with van der Waals surface area (Å²) in [4.78, 5) is 6.42. The lowest BCUT2D eigenvalue weighted by molar-refractivity contribution is 0.220. The minimum absolute atomic E-state index is 0.195. The molecule has 0 aliphatic rings. The molecule has 0 aliphatic heterocycles. The summed E-state index contributed by atoms with van der Waals surface area (Å²) in [6, 6.07) is 3.56. The predicted octanol–water partition coefficient (Wildman–Crippen LogP) is 1.53. The standard InChI is InChI=1S/C12H17N3O3/c1-2-15(6-4-7-16)9-11-13-12(18-14-11)10-5-3-8-17-10/h3,5,8,16H,2,4,6-7,9H2,1H3. The summed E-state index contributed by atoms with van der Waals surface area (Å²) in [5, 5.41) is 12.7. The van der Waals surface area contributed by atoms with Crippen molar-refractivity contribution in [1.29, 1.82) is 0 Å². The van der Waals surface area contributed by atoms with Gasteiger partial charge in [-0.25, -0.2) is 0 Å². The fourth-order valence-electron chi connectivity index (χ4n) is 1.66. The minimum atomic E-state index is 0.195.